The summed E-state index contributed by atoms with van der Waals surface area (Å²) in [6.07, 6.45) is 4.99. The number of hydrogen-bond donors (Lipinski definition) is 2. The zero-order valence-corrected chi connectivity index (χ0v) is 16.3. The number of aryl methyl sites for hydroxylation is 2. The molecule has 3 N–H and O–H groups in total. The summed E-state index contributed by atoms with van der Waals surface area (Å²) in [5.41, 5.74) is 8.95. The number of nitrogens with zero attached hydrogens (tertiary/aromatic N) is 2. The Morgan fingerprint density at radius 1 is 1.24 bits per heavy atom. The molecule has 0 spiro atoms. The highest BCUT2D eigenvalue weighted by atomic mass is 32.1. The Morgan fingerprint density at radius 2 is 2.10 bits per heavy atom. The lowest BCUT2D eigenvalue weighted by Gasteiger charge is -2.06. The fourth-order valence-corrected chi connectivity index (χ4v) is 4.31. The number of aromatic nitrogens is 2. The van der Waals surface area contributed by atoms with Gasteiger partial charge in [0.1, 0.15) is 23.3 Å². The summed E-state index contributed by atoms with van der Waals surface area (Å²) >= 11 is 1.55. The van der Waals surface area contributed by atoms with Gasteiger partial charge in [-0.05, 0) is 60.4 Å². The summed E-state index contributed by atoms with van der Waals surface area (Å²) in [7, 11) is 0. The summed E-state index contributed by atoms with van der Waals surface area (Å²) in [5, 5.41) is 5.64. The van der Waals surface area contributed by atoms with E-state index < -0.39 is 5.63 Å². The van der Waals surface area contributed by atoms with E-state index in [4.69, 9.17) is 10.2 Å². The van der Waals surface area contributed by atoms with Crippen molar-refractivity contribution in [3.63, 3.8) is 0 Å². The van der Waals surface area contributed by atoms with E-state index in [0.29, 0.717) is 11.4 Å². The van der Waals surface area contributed by atoms with Crippen molar-refractivity contribution in [3.8, 4) is 0 Å². The van der Waals surface area contributed by atoms with Gasteiger partial charge in [-0.3, -0.25) is 4.79 Å². The van der Waals surface area contributed by atoms with Crippen molar-refractivity contribution >= 4 is 44.2 Å². The van der Waals surface area contributed by atoms with Gasteiger partial charge < -0.3 is 15.5 Å². The van der Waals surface area contributed by atoms with Crippen LogP contribution in [0.3, 0.4) is 0 Å². The molecule has 0 atom stereocenters. The van der Waals surface area contributed by atoms with E-state index >= 15 is 0 Å². The summed E-state index contributed by atoms with van der Waals surface area (Å²) < 4.78 is 6.26. The molecule has 5 rings (SSSR count). The van der Waals surface area contributed by atoms with E-state index in [1.54, 1.807) is 23.5 Å². The van der Waals surface area contributed by atoms with Gasteiger partial charge in [0, 0.05) is 11.4 Å². The molecular weight excluding hydrogens is 388 g/mol. The Labute approximate surface area is 169 Å². The average Bonchev–Trinajstić information content (AvgIpc) is 3.42. The molecule has 1 fully saturated rings. The van der Waals surface area contributed by atoms with Crippen molar-refractivity contribution in [3.05, 3.63) is 63.1 Å². The maximum absolute atomic E-state index is 12.3. The second-order valence-electron chi connectivity index (χ2n) is 7.27. The van der Waals surface area contributed by atoms with Gasteiger partial charge >= 0.3 is 5.63 Å². The third kappa shape index (κ3) is 3.47. The monoisotopic (exact) mass is 406 g/mol. The summed E-state index contributed by atoms with van der Waals surface area (Å²) in [6.45, 7) is 0. The van der Waals surface area contributed by atoms with Crippen LogP contribution in [0.15, 0.2) is 45.2 Å². The number of thiophene rings is 1. The molecule has 1 aromatic carbocycles. The Bertz CT molecular complexity index is 1310. The van der Waals surface area contributed by atoms with Gasteiger partial charge in [-0.15, -0.1) is 11.3 Å². The van der Waals surface area contributed by atoms with E-state index in [2.05, 4.69) is 20.7 Å². The number of amides is 1. The zero-order chi connectivity index (χ0) is 20.0. The van der Waals surface area contributed by atoms with Crippen LogP contribution in [0.5, 0.6) is 0 Å². The van der Waals surface area contributed by atoms with Gasteiger partial charge in [0.15, 0.2) is 0 Å². The number of nitrogens with two attached hydrogens (primary N) is 1. The van der Waals surface area contributed by atoms with E-state index in [9.17, 15) is 9.59 Å². The van der Waals surface area contributed by atoms with Crippen LogP contribution in [0.4, 0.5) is 5.82 Å². The number of nitrogens with one attached hydrogen (secondary N) is 1. The molecular formula is C21H18N4O3S. The maximum atomic E-state index is 12.3. The van der Waals surface area contributed by atoms with Gasteiger partial charge in [0.25, 0.3) is 5.91 Å². The molecule has 4 aromatic rings. The predicted octanol–water partition coefficient (Wildman–Crippen LogP) is 3.06. The highest BCUT2D eigenvalue weighted by Crippen LogP contribution is 2.28. The third-order valence-corrected chi connectivity index (χ3v) is 6.13. The van der Waals surface area contributed by atoms with Crippen molar-refractivity contribution in [2.24, 2.45) is 0 Å². The van der Waals surface area contributed by atoms with Gasteiger partial charge in [-0.1, -0.05) is 6.07 Å². The van der Waals surface area contributed by atoms with E-state index in [1.807, 2.05) is 12.1 Å². The molecule has 1 aliphatic carbocycles. The molecule has 29 heavy (non-hydrogen) atoms. The first-order valence-corrected chi connectivity index (χ1v) is 10.3. The number of benzene rings is 1. The van der Waals surface area contributed by atoms with Crippen LogP contribution in [0.2, 0.25) is 0 Å². The number of rotatable bonds is 5. The van der Waals surface area contributed by atoms with Crippen LogP contribution >= 0.6 is 11.3 Å². The SMILES string of the molecule is Nc1ncnc2c(CCc3ccc4oc(=O)c(C(=O)NC5CC5)cc4c3)csc12. The van der Waals surface area contributed by atoms with Crippen molar-refractivity contribution in [2.45, 2.75) is 31.7 Å². The van der Waals surface area contributed by atoms with Gasteiger partial charge in [0.05, 0.1) is 10.2 Å². The number of carbonyl (C=O) groups is 1. The maximum Gasteiger partial charge on any atom is 0.349 e. The van der Waals surface area contributed by atoms with Crippen LogP contribution in [-0.2, 0) is 12.8 Å². The van der Waals surface area contributed by atoms with Gasteiger partial charge in [-0.2, -0.15) is 0 Å². The minimum Gasteiger partial charge on any atom is -0.422 e. The molecule has 0 aliphatic heterocycles. The molecule has 0 unspecified atom stereocenters. The standard InChI is InChI=1S/C21H18N4O3S/c22-19-18-17(23-10-24-19)12(9-29-18)3-1-11-2-6-16-13(7-11)8-15(21(27)28-16)20(26)25-14-4-5-14/h2,6-10,14H,1,3-5H2,(H,25,26)(H2,22,23,24). The van der Waals surface area contributed by atoms with E-state index in [-0.39, 0.29) is 17.5 Å². The summed E-state index contributed by atoms with van der Waals surface area (Å²) in [4.78, 5) is 32.8. The van der Waals surface area contributed by atoms with Gasteiger partial charge in [-0.25, -0.2) is 14.8 Å². The lowest BCUT2D eigenvalue weighted by molar-refractivity contribution is 0.0947. The molecule has 1 saturated carbocycles. The van der Waals surface area contributed by atoms with Crippen LogP contribution in [0.1, 0.15) is 34.3 Å². The second-order valence-corrected chi connectivity index (χ2v) is 8.14. The van der Waals surface area contributed by atoms with Crippen molar-refractivity contribution in [2.75, 3.05) is 5.73 Å². The molecule has 0 bridgehead atoms. The molecule has 1 amide bonds. The number of fused-ring (bicyclic) bond motifs is 2. The highest BCUT2D eigenvalue weighted by Gasteiger charge is 2.25. The quantitative estimate of drug-likeness (QED) is 0.493. The largest absolute Gasteiger partial charge is 0.422 e. The number of anilines is 1. The normalized spacial score (nSPS) is 13.8. The fourth-order valence-electron chi connectivity index (χ4n) is 3.35. The van der Waals surface area contributed by atoms with Gasteiger partial charge in [0.2, 0.25) is 0 Å². The van der Waals surface area contributed by atoms with Crippen LogP contribution in [0, 0.1) is 0 Å². The van der Waals surface area contributed by atoms with Crippen molar-refractivity contribution in [1.82, 2.24) is 15.3 Å². The Kier molecular flexibility index (Phi) is 4.28. The number of hydrogen-bond acceptors (Lipinski definition) is 7. The molecule has 7 nitrogen and oxygen atoms in total. The summed E-state index contributed by atoms with van der Waals surface area (Å²) in [5.74, 6) is 0.138. The Hall–Kier alpha value is -3.26. The fraction of sp³-hybridized carbons (Fsp3) is 0.238. The predicted molar refractivity (Wildman–Crippen MR) is 112 cm³/mol. The Morgan fingerprint density at radius 3 is 2.93 bits per heavy atom. The molecule has 0 radical (unpaired) electrons. The molecule has 1 aliphatic rings. The van der Waals surface area contributed by atoms with Crippen molar-refractivity contribution < 1.29 is 9.21 Å². The minimum absolute atomic E-state index is 0.0533. The van der Waals surface area contributed by atoms with Crippen LogP contribution in [-0.4, -0.2) is 21.9 Å². The molecule has 146 valence electrons. The van der Waals surface area contributed by atoms with E-state index in [0.717, 1.165) is 52.4 Å². The van der Waals surface area contributed by atoms with E-state index in [1.165, 1.54) is 6.33 Å². The summed E-state index contributed by atoms with van der Waals surface area (Å²) in [6, 6.07) is 7.48. The lowest BCUT2D eigenvalue weighted by Crippen LogP contribution is -2.29. The first-order valence-electron chi connectivity index (χ1n) is 9.42. The lowest BCUT2D eigenvalue weighted by atomic mass is 10.0. The first-order chi connectivity index (χ1) is 14.1. The van der Waals surface area contributed by atoms with Crippen molar-refractivity contribution in [1.29, 1.82) is 0 Å². The molecule has 8 heteroatoms. The average molecular weight is 406 g/mol. The first kappa shape index (κ1) is 17.8. The smallest absolute Gasteiger partial charge is 0.349 e. The number of nitrogen functional groups attached to an aromatic ring is 1. The minimum atomic E-state index is -0.606. The van der Waals surface area contributed by atoms with Crippen LogP contribution < -0.4 is 16.7 Å². The molecule has 0 saturated heterocycles. The number of carbonyl (C=O) groups excluding carboxylic acids is 1. The highest BCUT2D eigenvalue weighted by molar-refractivity contribution is 7.17. The third-order valence-electron chi connectivity index (χ3n) is 5.09. The topological polar surface area (TPSA) is 111 Å². The zero-order valence-electron chi connectivity index (χ0n) is 15.5. The Balaban J connectivity index is 1.41. The van der Waals surface area contributed by atoms with Crippen LogP contribution in [0.25, 0.3) is 21.2 Å². The second kappa shape index (κ2) is 6.97. The molecule has 3 aromatic heterocycles. The molecule has 3 heterocycles.